The summed E-state index contributed by atoms with van der Waals surface area (Å²) in [6.45, 7) is 5.99. The Balaban J connectivity index is 2.06. The van der Waals surface area contributed by atoms with Gasteiger partial charge in [0.1, 0.15) is 6.54 Å². The zero-order valence-corrected chi connectivity index (χ0v) is 12.1. The molecule has 1 saturated heterocycles. The van der Waals surface area contributed by atoms with Crippen LogP contribution in [0.5, 0.6) is 0 Å². The molecular weight excluding hydrogens is 256 g/mol. The Morgan fingerprint density at radius 2 is 2.00 bits per heavy atom. The minimum absolute atomic E-state index is 0.0825. The van der Waals surface area contributed by atoms with Crippen LogP contribution >= 0.6 is 0 Å². The Hall–Kier alpha value is -1.78. The van der Waals surface area contributed by atoms with E-state index in [2.05, 4.69) is 6.92 Å². The molecule has 1 N–H and O–H groups in total. The van der Waals surface area contributed by atoms with Crippen molar-refractivity contribution >= 4 is 11.9 Å². The fourth-order valence-electron chi connectivity index (χ4n) is 2.75. The minimum atomic E-state index is -0.931. The zero-order valence-electron chi connectivity index (χ0n) is 12.1. The van der Waals surface area contributed by atoms with Gasteiger partial charge in [-0.15, -0.1) is 0 Å². The highest BCUT2D eigenvalue weighted by Crippen LogP contribution is 2.17. The summed E-state index contributed by atoms with van der Waals surface area (Å²) in [5.74, 6) is -0.158. The number of carbonyl (C=O) groups is 2. The monoisotopic (exact) mass is 278 g/mol. The predicted molar refractivity (Wildman–Crippen MR) is 75.7 cm³/mol. The Morgan fingerprint density at radius 3 is 2.55 bits per heavy atom. The number of hydrogen-bond donors (Lipinski definition) is 1. The average molecular weight is 278 g/mol. The summed E-state index contributed by atoms with van der Waals surface area (Å²) in [7, 11) is 0. The molecule has 1 amide bonds. The van der Waals surface area contributed by atoms with Gasteiger partial charge in [-0.25, -0.2) is 4.79 Å². The van der Waals surface area contributed by atoms with Crippen LogP contribution in [0.4, 0.5) is 0 Å². The average Bonchev–Trinajstić information content (AvgIpc) is 2.82. The SMILES string of the molecule is CCc1c(C(=O)O)ccn1CC(=O)N1CCC(C)CC1. The summed E-state index contributed by atoms with van der Waals surface area (Å²) in [5.41, 5.74) is 1.02. The van der Waals surface area contributed by atoms with Crippen LogP contribution < -0.4 is 0 Å². The van der Waals surface area contributed by atoms with Gasteiger partial charge in [0.25, 0.3) is 0 Å². The first-order valence-electron chi connectivity index (χ1n) is 7.22. The van der Waals surface area contributed by atoms with E-state index < -0.39 is 5.97 Å². The first-order chi connectivity index (χ1) is 9.52. The highest BCUT2D eigenvalue weighted by atomic mass is 16.4. The molecular formula is C15H22N2O3. The van der Waals surface area contributed by atoms with E-state index in [1.807, 2.05) is 11.8 Å². The summed E-state index contributed by atoms with van der Waals surface area (Å²) in [4.78, 5) is 25.3. The number of carboxylic acids is 1. The number of carboxylic acid groups (broad SMARTS) is 1. The molecule has 2 heterocycles. The fraction of sp³-hybridized carbons (Fsp3) is 0.600. The van der Waals surface area contributed by atoms with Gasteiger partial charge in [-0.2, -0.15) is 0 Å². The number of rotatable bonds is 4. The number of amides is 1. The van der Waals surface area contributed by atoms with Crippen molar-refractivity contribution in [3.8, 4) is 0 Å². The lowest BCUT2D eigenvalue weighted by Gasteiger charge is -2.30. The number of aromatic nitrogens is 1. The molecule has 5 nitrogen and oxygen atoms in total. The van der Waals surface area contributed by atoms with E-state index in [-0.39, 0.29) is 12.5 Å². The Bertz CT molecular complexity index is 499. The lowest BCUT2D eigenvalue weighted by molar-refractivity contribution is -0.133. The summed E-state index contributed by atoms with van der Waals surface area (Å²) < 4.78 is 1.77. The third-order valence-corrected chi connectivity index (χ3v) is 4.09. The number of hydrogen-bond acceptors (Lipinski definition) is 2. The normalized spacial score (nSPS) is 16.4. The number of likely N-dealkylation sites (tertiary alicyclic amines) is 1. The van der Waals surface area contributed by atoms with Gasteiger partial charge in [0.05, 0.1) is 5.56 Å². The maximum absolute atomic E-state index is 12.3. The van der Waals surface area contributed by atoms with Gasteiger partial charge in [0, 0.05) is 25.0 Å². The summed E-state index contributed by atoms with van der Waals surface area (Å²) in [5, 5.41) is 9.11. The summed E-state index contributed by atoms with van der Waals surface area (Å²) in [6, 6.07) is 1.58. The molecule has 0 unspecified atom stereocenters. The molecule has 0 spiro atoms. The third-order valence-electron chi connectivity index (χ3n) is 4.09. The largest absolute Gasteiger partial charge is 0.478 e. The Morgan fingerprint density at radius 1 is 1.35 bits per heavy atom. The number of nitrogens with zero attached hydrogens (tertiary/aromatic N) is 2. The van der Waals surface area contributed by atoms with Gasteiger partial charge >= 0.3 is 5.97 Å². The fourth-order valence-corrected chi connectivity index (χ4v) is 2.75. The highest BCUT2D eigenvalue weighted by Gasteiger charge is 2.22. The highest BCUT2D eigenvalue weighted by molar-refractivity contribution is 5.89. The third kappa shape index (κ3) is 3.03. The van der Waals surface area contributed by atoms with Crippen molar-refractivity contribution in [2.24, 2.45) is 5.92 Å². The van der Waals surface area contributed by atoms with Gasteiger partial charge in [0.2, 0.25) is 5.91 Å². The van der Waals surface area contributed by atoms with E-state index in [9.17, 15) is 9.59 Å². The van der Waals surface area contributed by atoms with Crippen LogP contribution in [-0.2, 0) is 17.8 Å². The molecule has 1 aliphatic rings. The number of carbonyl (C=O) groups excluding carboxylic acids is 1. The molecule has 0 atom stereocenters. The summed E-state index contributed by atoms with van der Waals surface area (Å²) in [6.07, 6.45) is 4.42. The second kappa shape index (κ2) is 6.11. The molecule has 20 heavy (non-hydrogen) atoms. The van der Waals surface area contributed by atoms with Crippen molar-refractivity contribution in [2.75, 3.05) is 13.1 Å². The molecule has 0 saturated carbocycles. The second-order valence-electron chi connectivity index (χ2n) is 5.53. The maximum Gasteiger partial charge on any atom is 0.337 e. The van der Waals surface area contributed by atoms with Crippen molar-refractivity contribution in [3.63, 3.8) is 0 Å². The first-order valence-corrected chi connectivity index (χ1v) is 7.22. The van der Waals surface area contributed by atoms with Crippen molar-refractivity contribution in [1.82, 2.24) is 9.47 Å². The molecule has 0 aromatic carbocycles. The molecule has 1 aromatic heterocycles. The smallest absolute Gasteiger partial charge is 0.337 e. The summed E-state index contributed by atoms with van der Waals surface area (Å²) >= 11 is 0. The molecule has 5 heteroatoms. The Kier molecular flexibility index (Phi) is 4.47. The van der Waals surface area contributed by atoms with Gasteiger partial charge in [-0.05, 0) is 31.2 Å². The van der Waals surface area contributed by atoms with Crippen molar-refractivity contribution in [2.45, 2.75) is 39.7 Å². The van der Waals surface area contributed by atoms with Gasteiger partial charge in [-0.1, -0.05) is 13.8 Å². The minimum Gasteiger partial charge on any atom is -0.478 e. The molecule has 0 bridgehead atoms. The van der Waals surface area contributed by atoms with Crippen LogP contribution in [0, 0.1) is 5.92 Å². The molecule has 1 aromatic rings. The Labute approximate surface area is 119 Å². The van der Waals surface area contributed by atoms with Crippen LogP contribution in [-0.4, -0.2) is 39.5 Å². The van der Waals surface area contributed by atoms with E-state index in [1.54, 1.807) is 16.8 Å². The standard InChI is InChI=1S/C15H22N2O3/c1-3-13-12(15(19)20)6-9-17(13)10-14(18)16-7-4-11(2)5-8-16/h6,9,11H,3-5,7-8,10H2,1-2H3,(H,19,20). The van der Waals surface area contributed by atoms with Crippen LogP contribution in [0.2, 0.25) is 0 Å². The predicted octanol–water partition coefficient (Wildman–Crippen LogP) is 2.01. The van der Waals surface area contributed by atoms with E-state index in [4.69, 9.17) is 5.11 Å². The lowest BCUT2D eigenvalue weighted by atomic mass is 9.99. The van der Waals surface area contributed by atoms with Crippen molar-refractivity contribution in [1.29, 1.82) is 0 Å². The molecule has 1 fully saturated rings. The molecule has 110 valence electrons. The van der Waals surface area contributed by atoms with Gasteiger partial charge < -0.3 is 14.6 Å². The van der Waals surface area contributed by atoms with Crippen LogP contribution in [0.1, 0.15) is 42.7 Å². The first kappa shape index (κ1) is 14.6. The molecule has 0 radical (unpaired) electrons. The molecule has 2 rings (SSSR count). The van der Waals surface area contributed by atoms with Crippen molar-refractivity contribution in [3.05, 3.63) is 23.5 Å². The van der Waals surface area contributed by atoms with Crippen molar-refractivity contribution < 1.29 is 14.7 Å². The molecule has 0 aliphatic carbocycles. The maximum atomic E-state index is 12.3. The van der Waals surface area contributed by atoms with Crippen LogP contribution in [0.3, 0.4) is 0 Å². The quantitative estimate of drug-likeness (QED) is 0.916. The van der Waals surface area contributed by atoms with E-state index in [1.165, 1.54) is 0 Å². The van der Waals surface area contributed by atoms with Crippen LogP contribution in [0.15, 0.2) is 12.3 Å². The van der Waals surface area contributed by atoms with E-state index in [0.717, 1.165) is 31.6 Å². The zero-order chi connectivity index (χ0) is 14.7. The topological polar surface area (TPSA) is 62.5 Å². The van der Waals surface area contributed by atoms with Gasteiger partial charge in [-0.3, -0.25) is 4.79 Å². The lowest BCUT2D eigenvalue weighted by Crippen LogP contribution is -2.39. The number of aromatic carboxylic acids is 1. The van der Waals surface area contributed by atoms with Gasteiger partial charge in [0.15, 0.2) is 0 Å². The number of piperidine rings is 1. The molecule has 1 aliphatic heterocycles. The van der Waals surface area contributed by atoms with E-state index >= 15 is 0 Å². The van der Waals surface area contributed by atoms with E-state index in [0.29, 0.717) is 17.9 Å². The van der Waals surface area contributed by atoms with Crippen LogP contribution in [0.25, 0.3) is 0 Å². The second-order valence-corrected chi connectivity index (χ2v) is 5.53.